The molecule has 1 unspecified atom stereocenters. The monoisotopic (exact) mass is 171 g/mol. The molecule has 0 rings (SSSR count). The molecule has 0 aromatic carbocycles. The average Bonchev–Trinajstić information content (AvgIpc) is 1.85. The van der Waals surface area contributed by atoms with Gasteiger partial charge in [-0.15, -0.1) is 0 Å². The Morgan fingerprint density at radius 3 is 2.67 bits per heavy atom. The molecule has 0 fully saturated rings. The fourth-order valence-corrected chi connectivity index (χ4v) is 0.926. The third-order valence-corrected chi connectivity index (χ3v) is 1.48. The van der Waals surface area contributed by atoms with Crippen LogP contribution in [0, 0.1) is 11.3 Å². The molecule has 0 amide bonds. The van der Waals surface area contributed by atoms with E-state index in [-0.39, 0.29) is 13.0 Å². The summed E-state index contributed by atoms with van der Waals surface area (Å²) in [6.45, 7) is 2.83. The Bertz CT molecular complexity index is 197. The lowest BCUT2D eigenvalue weighted by Crippen LogP contribution is -2.31. The molecule has 0 heterocycles. The number of hydrogen-bond acceptors (Lipinski definition) is 4. The van der Waals surface area contributed by atoms with Gasteiger partial charge in [-0.1, -0.05) is 0 Å². The van der Waals surface area contributed by atoms with Gasteiger partial charge in [-0.2, -0.15) is 5.26 Å². The summed E-state index contributed by atoms with van der Waals surface area (Å²) in [4.78, 5) is 10.6. The summed E-state index contributed by atoms with van der Waals surface area (Å²) in [5, 5.41) is 17.1. The number of nitriles is 1. The largest absolute Gasteiger partial charge is 0.458 e. The van der Waals surface area contributed by atoms with E-state index in [1.54, 1.807) is 6.92 Å². The Kier molecular flexibility index (Phi) is 4.30. The van der Waals surface area contributed by atoms with Gasteiger partial charge in [0, 0.05) is 20.0 Å². The summed E-state index contributed by atoms with van der Waals surface area (Å²) in [5.41, 5.74) is -0.838. The van der Waals surface area contributed by atoms with E-state index < -0.39 is 11.6 Å². The van der Waals surface area contributed by atoms with Crippen molar-refractivity contribution in [3.8, 4) is 6.07 Å². The third-order valence-electron chi connectivity index (χ3n) is 1.48. The zero-order chi connectivity index (χ0) is 9.61. The molecule has 0 saturated heterocycles. The van der Waals surface area contributed by atoms with Crippen LogP contribution in [0.15, 0.2) is 0 Å². The highest BCUT2D eigenvalue weighted by atomic mass is 16.6. The molecular formula is C8H13NO3. The van der Waals surface area contributed by atoms with E-state index in [0.717, 1.165) is 0 Å². The fraction of sp³-hybridized carbons (Fsp3) is 0.750. The predicted octanol–water partition coefficient (Wildman–Crippen LogP) is 0.604. The fourth-order valence-electron chi connectivity index (χ4n) is 0.926. The van der Waals surface area contributed by atoms with Crippen molar-refractivity contribution in [3.63, 3.8) is 0 Å². The summed E-state index contributed by atoms with van der Waals surface area (Å²) in [5.74, 6) is -0.429. The lowest BCUT2D eigenvalue weighted by Gasteiger charge is -2.25. The van der Waals surface area contributed by atoms with Crippen molar-refractivity contribution in [2.24, 2.45) is 0 Å². The van der Waals surface area contributed by atoms with Crippen molar-refractivity contribution >= 4 is 5.97 Å². The maximum Gasteiger partial charge on any atom is 0.303 e. The summed E-state index contributed by atoms with van der Waals surface area (Å²) in [6, 6.07) is 1.91. The average molecular weight is 171 g/mol. The second-order valence-corrected chi connectivity index (χ2v) is 2.85. The van der Waals surface area contributed by atoms with Crippen LogP contribution in [0.4, 0.5) is 0 Å². The molecule has 12 heavy (non-hydrogen) atoms. The van der Waals surface area contributed by atoms with Crippen LogP contribution in [-0.2, 0) is 9.53 Å². The highest BCUT2D eigenvalue weighted by Gasteiger charge is 2.26. The summed E-state index contributed by atoms with van der Waals surface area (Å²) in [6.07, 6.45) is 0.396. The lowest BCUT2D eigenvalue weighted by atomic mass is 9.99. The number of ether oxygens (including phenoxy) is 1. The number of carbonyl (C=O) groups excluding carboxylic acids is 1. The standard InChI is InChI=1S/C8H13NO3/c1-7(11)12-8(2,3-5-9)4-6-10/h10H,3-4,6H2,1-2H3. The molecule has 0 aromatic rings. The van der Waals surface area contributed by atoms with Gasteiger partial charge < -0.3 is 9.84 Å². The molecule has 4 heteroatoms. The van der Waals surface area contributed by atoms with Gasteiger partial charge in [-0.3, -0.25) is 4.79 Å². The van der Waals surface area contributed by atoms with E-state index in [0.29, 0.717) is 6.42 Å². The molecule has 1 atom stereocenters. The minimum Gasteiger partial charge on any atom is -0.458 e. The van der Waals surface area contributed by atoms with Crippen molar-refractivity contribution in [1.29, 1.82) is 5.26 Å². The van der Waals surface area contributed by atoms with Crippen LogP contribution < -0.4 is 0 Å². The Labute approximate surface area is 71.8 Å². The molecule has 0 aliphatic carbocycles. The number of aliphatic hydroxyl groups is 1. The van der Waals surface area contributed by atoms with Crippen LogP contribution in [0.5, 0.6) is 0 Å². The number of rotatable bonds is 4. The zero-order valence-electron chi connectivity index (χ0n) is 7.33. The normalized spacial score (nSPS) is 14.5. The first-order valence-electron chi connectivity index (χ1n) is 3.71. The minimum absolute atomic E-state index is 0.0918. The molecular weight excluding hydrogens is 158 g/mol. The van der Waals surface area contributed by atoms with Crippen LogP contribution in [0.2, 0.25) is 0 Å². The van der Waals surface area contributed by atoms with Gasteiger partial charge in [0.2, 0.25) is 0 Å². The van der Waals surface area contributed by atoms with E-state index in [4.69, 9.17) is 15.1 Å². The van der Waals surface area contributed by atoms with Gasteiger partial charge in [0.25, 0.3) is 0 Å². The van der Waals surface area contributed by atoms with Crippen molar-refractivity contribution in [2.45, 2.75) is 32.3 Å². The van der Waals surface area contributed by atoms with E-state index in [1.807, 2.05) is 6.07 Å². The van der Waals surface area contributed by atoms with Crippen molar-refractivity contribution in [3.05, 3.63) is 0 Å². The number of nitrogens with zero attached hydrogens (tertiary/aromatic N) is 1. The quantitative estimate of drug-likeness (QED) is 0.629. The summed E-state index contributed by atoms with van der Waals surface area (Å²) in [7, 11) is 0. The van der Waals surface area contributed by atoms with E-state index in [1.165, 1.54) is 6.92 Å². The van der Waals surface area contributed by atoms with Crippen LogP contribution in [0.25, 0.3) is 0 Å². The molecule has 0 radical (unpaired) electrons. The van der Waals surface area contributed by atoms with Gasteiger partial charge in [-0.25, -0.2) is 0 Å². The molecule has 0 aliphatic heterocycles. The number of carbonyl (C=O) groups is 1. The molecule has 0 spiro atoms. The Morgan fingerprint density at radius 1 is 1.75 bits per heavy atom. The first kappa shape index (κ1) is 10.9. The van der Waals surface area contributed by atoms with Gasteiger partial charge >= 0.3 is 5.97 Å². The summed E-state index contributed by atoms with van der Waals surface area (Å²) >= 11 is 0. The lowest BCUT2D eigenvalue weighted by molar-refractivity contribution is -0.156. The number of esters is 1. The van der Waals surface area contributed by atoms with E-state index in [9.17, 15) is 4.79 Å². The molecule has 0 aromatic heterocycles. The highest BCUT2D eigenvalue weighted by Crippen LogP contribution is 2.19. The smallest absolute Gasteiger partial charge is 0.303 e. The molecule has 68 valence electrons. The van der Waals surface area contributed by atoms with E-state index >= 15 is 0 Å². The first-order valence-corrected chi connectivity index (χ1v) is 3.71. The predicted molar refractivity (Wildman–Crippen MR) is 42.1 cm³/mol. The van der Waals surface area contributed by atoms with Gasteiger partial charge in [0.05, 0.1) is 12.5 Å². The molecule has 1 N–H and O–H groups in total. The molecule has 0 bridgehead atoms. The Balaban J connectivity index is 4.19. The van der Waals surface area contributed by atoms with Crippen molar-refractivity contribution in [2.75, 3.05) is 6.61 Å². The van der Waals surface area contributed by atoms with Crippen molar-refractivity contribution in [1.82, 2.24) is 0 Å². The van der Waals surface area contributed by atoms with Gasteiger partial charge in [0.15, 0.2) is 0 Å². The topological polar surface area (TPSA) is 70.3 Å². The molecule has 4 nitrogen and oxygen atoms in total. The summed E-state index contributed by atoms with van der Waals surface area (Å²) < 4.78 is 4.90. The molecule has 0 aliphatic rings. The zero-order valence-corrected chi connectivity index (χ0v) is 7.33. The van der Waals surface area contributed by atoms with Crippen LogP contribution in [-0.4, -0.2) is 23.3 Å². The maximum absolute atomic E-state index is 10.6. The second-order valence-electron chi connectivity index (χ2n) is 2.85. The number of aliphatic hydroxyl groups excluding tert-OH is 1. The number of hydrogen-bond donors (Lipinski definition) is 1. The van der Waals surface area contributed by atoms with Crippen molar-refractivity contribution < 1.29 is 14.6 Å². The second kappa shape index (κ2) is 4.73. The Morgan fingerprint density at radius 2 is 2.33 bits per heavy atom. The molecule has 0 saturated carbocycles. The first-order chi connectivity index (χ1) is 5.54. The third kappa shape index (κ3) is 3.94. The highest BCUT2D eigenvalue weighted by molar-refractivity contribution is 5.66. The van der Waals surface area contributed by atoms with Gasteiger partial charge in [0.1, 0.15) is 5.60 Å². The minimum atomic E-state index is -0.838. The van der Waals surface area contributed by atoms with Crippen LogP contribution in [0.3, 0.4) is 0 Å². The Hall–Kier alpha value is -1.08. The van der Waals surface area contributed by atoms with Gasteiger partial charge in [-0.05, 0) is 6.92 Å². The van der Waals surface area contributed by atoms with E-state index in [2.05, 4.69) is 0 Å². The van der Waals surface area contributed by atoms with Crippen LogP contribution >= 0.6 is 0 Å². The SMILES string of the molecule is CC(=O)OC(C)(CC#N)CCO. The van der Waals surface area contributed by atoms with Crippen LogP contribution in [0.1, 0.15) is 26.7 Å². The maximum atomic E-state index is 10.6.